The third kappa shape index (κ3) is 5.42. The van der Waals surface area contributed by atoms with Crippen LogP contribution < -0.4 is 9.47 Å². The monoisotopic (exact) mass is 442 g/mol. The number of carbonyl (C=O) groups excluding carboxylic acids is 2. The van der Waals surface area contributed by atoms with Gasteiger partial charge in [-0.15, -0.1) is 0 Å². The van der Waals surface area contributed by atoms with Crippen molar-refractivity contribution >= 4 is 11.9 Å². The summed E-state index contributed by atoms with van der Waals surface area (Å²) in [5.74, 6) is -0.449. The van der Waals surface area contributed by atoms with Crippen molar-refractivity contribution in [2.24, 2.45) is 0 Å². The number of esters is 2. The average molecular weight is 443 g/mol. The summed E-state index contributed by atoms with van der Waals surface area (Å²) in [6, 6.07) is 17.8. The Kier molecular flexibility index (Phi) is 9.57. The van der Waals surface area contributed by atoms with Gasteiger partial charge in [-0.3, -0.25) is 0 Å². The van der Waals surface area contributed by atoms with Crippen LogP contribution in [0.5, 0.6) is 11.5 Å². The van der Waals surface area contributed by atoms with Gasteiger partial charge in [-0.25, -0.2) is 9.59 Å². The highest BCUT2D eigenvalue weighted by Gasteiger charge is 2.66. The maximum absolute atomic E-state index is 13.6. The molecule has 0 N–H and O–H groups in total. The number of hydrogen-bond acceptors (Lipinski definition) is 6. The fraction of sp³-hybridized carbons (Fsp3) is 0.462. The van der Waals surface area contributed by atoms with Gasteiger partial charge in [-0.05, 0) is 37.1 Å². The van der Waals surface area contributed by atoms with E-state index < -0.39 is 23.1 Å². The Hall–Kier alpha value is -3.02. The van der Waals surface area contributed by atoms with E-state index >= 15 is 0 Å². The zero-order valence-corrected chi connectivity index (χ0v) is 19.5. The highest BCUT2D eigenvalue weighted by molar-refractivity contribution is 5.93. The van der Waals surface area contributed by atoms with Crippen LogP contribution in [-0.4, -0.2) is 36.4 Å². The molecular formula is C26H34O6. The molecule has 0 heterocycles. The number of para-hydroxylation sites is 2. The molecule has 0 fully saturated rings. The van der Waals surface area contributed by atoms with E-state index in [0.29, 0.717) is 24.3 Å². The average Bonchev–Trinajstić information content (AvgIpc) is 2.84. The lowest BCUT2D eigenvalue weighted by atomic mass is 9.77. The lowest BCUT2D eigenvalue weighted by Gasteiger charge is -2.45. The third-order valence-electron chi connectivity index (χ3n) is 5.25. The molecule has 0 aromatic heterocycles. The van der Waals surface area contributed by atoms with Crippen molar-refractivity contribution in [1.82, 2.24) is 0 Å². The van der Waals surface area contributed by atoms with Gasteiger partial charge in [0.1, 0.15) is 11.5 Å². The molecule has 0 saturated carbocycles. The fourth-order valence-corrected chi connectivity index (χ4v) is 3.58. The zero-order valence-electron chi connectivity index (χ0n) is 19.5. The van der Waals surface area contributed by atoms with Gasteiger partial charge in [0.05, 0.1) is 13.2 Å². The Labute approximate surface area is 190 Å². The van der Waals surface area contributed by atoms with E-state index in [-0.39, 0.29) is 26.1 Å². The van der Waals surface area contributed by atoms with E-state index in [4.69, 9.17) is 18.9 Å². The van der Waals surface area contributed by atoms with Crippen molar-refractivity contribution in [2.75, 3.05) is 13.2 Å². The van der Waals surface area contributed by atoms with Gasteiger partial charge in [0.2, 0.25) is 0 Å². The van der Waals surface area contributed by atoms with Crippen molar-refractivity contribution in [2.45, 2.75) is 64.6 Å². The molecule has 0 bridgehead atoms. The van der Waals surface area contributed by atoms with Crippen molar-refractivity contribution < 1.29 is 28.5 Å². The lowest BCUT2D eigenvalue weighted by molar-refractivity contribution is -0.204. The molecule has 0 aliphatic carbocycles. The summed E-state index contributed by atoms with van der Waals surface area (Å²) in [5, 5.41) is 0. The molecule has 2 aromatic rings. The van der Waals surface area contributed by atoms with Crippen molar-refractivity contribution in [3.05, 3.63) is 60.7 Å². The van der Waals surface area contributed by atoms with Gasteiger partial charge in [0.25, 0.3) is 11.2 Å². The first-order chi connectivity index (χ1) is 15.5. The topological polar surface area (TPSA) is 71.1 Å². The molecule has 0 spiro atoms. The second kappa shape index (κ2) is 12.1. The number of hydrogen-bond donors (Lipinski definition) is 0. The van der Waals surface area contributed by atoms with Crippen LogP contribution in [0.3, 0.4) is 0 Å². The van der Waals surface area contributed by atoms with Gasteiger partial charge in [0.15, 0.2) is 0 Å². The van der Waals surface area contributed by atoms with Crippen LogP contribution in [0.15, 0.2) is 60.7 Å². The summed E-state index contributed by atoms with van der Waals surface area (Å²) in [4.78, 5) is 27.2. The molecule has 2 atom stereocenters. The van der Waals surface area contributed by atoms with Gasteiger partial charge < -0.3 is 18.9 Å². The lowest BCUT2D eigenvalue weighted by Crippen LogP contribution is -2.70. The quantitative estimate of drug-likeness (QED) is 0.390. The van der Waals surface area contributed by atoms with E-state index in [1.807, 2.05) is 26.0 Å². The molecule has 0 aliphatic heterocycles. The Morgan fingerprint density at radius 1 is 0.625 bits per heavy atom. The van der Waals surface area contributed by atoms with Crippen LogP contribution >= 0.6 is 0 Å². The molecule has 0 aliphatic rings. The van der Waals surface area contributed by atoms with Crippen LogP contribution in [0.1, 0.15) is 53.4 Å². The van der Waals surface area contributed by atoms with Crippen molar-refractivity contribution in [1.29, 1.82) is 0 Å². The Morgan fingerprint density at radius 3 is 1.25 bits per heavy atom. The molecule has 0 saturated heterocycles. The fourth-order valence-electron chi connectivity index (χ4n) is 3.58. The second-order valence-corrected chi connectivity index (χ2v) is 7.46. The van der Waals surface area contributed by atoms with Crippen LogP contribution in [-0.2, 0) is 19.1 Å². The van der Waals surface area contributed by atoms with Crippen LogP contribution in [0.25, 0.3) is 0 Å². The third-order valence-corrected chi connectivity index (χ3v) is 5.25. The first-order valence-corrected chi connectivity index (χ1v) is 11.3. The van der Waals surface area contributed by atoms with Gasteiger partial charge >= 0.3 is 11.9 Å². The molecule has 0 amide bonds. The van der Waals surface area contributed by atoms with E-state index in [1.165, 1.54) is 0 Å². The van der Waals surface area contributed by atoms with Gasteiger partial charge in [0, 0.05) is 12.8 Å². The highest BCUT2D eigenvalue weighted by atomic mass is 16.6. The summed E-state index contributed by atoms with van der Waals surface area (Å²) in [6.07, 6.45) is 1.53. The van der Waals surface area contributed by atoms with E-state index in [1.54, 1.807) is 62.4 Å². The predicted molar refractivity (Wildman–Crippen MR) is 123 cm³/mol. The van der Waals surface area contributed by atoms with Crippen LogP contribution in [0, 0.1) is 0 Å². The van der Waals surface area contributed by atoms with Crippen LogP contribution in [0.4, 0.5) is 0 Å². The summed E-state index contributed by atoms with van der Waals surface area (Å²) < 4.78 is 23.8. The van der Waals surface area contributed by atoms with Crippen LogP contribution in [0.2, 0.25) is 0 Å². The largest absolute Gasteiger partial charge is 0.471 e. The summed E-state index contributed by atoms with van der Waals surface area (Å²) in [7, 11) is 0. The minimum Gasteiger partial charge on any atom is -0.471 e. The molecule has 6 nitrogen and oxygen atoms in total. The van der Waals surface area contributed by atoms with Gasteiger partial charge in [-0.1, -0.05) is 64.1 Å². The Morgan fingerprint density at radius 2 is 0.969 bits per heavy atom. The first-order valence-electron chi connectivity index (χ1n) is 11.3. The summed E-state index contributed by atoms with van der Waals surface area (Å²) >= 11 is 0. The molecule has 0 radical (unpaired) electrons. The van der Waals surface area contributed by atoms with E-state index in [9.17, 15) is 9.59 Å². The molecule has 2 rings (SSSR count). The SMILES string of the molecule is CCCOC(=O)C(CC)(Oc1ccccc1)C(CC)(Oc1ccccc1)C(=O)OCCC. The summed E-state index contributed by atoms with van der Waals surface area (Å²) in [6.45, 7) is 7.77. The molecule has 32 heavy (non-hydrogen) atoms. The van der Waals surface area contributed by atoms with E-state index in [0.717, 1.165) is 0 Å². The van der Waals surface area contributed by atoms with Crippen molar-refractivity contribution in [3.8, 4) is 11.5 Å². The predicted octanol–water partition coefficient (Wildman–Crippen LogP) is 5.35. The number of benzene rings is 2. The van der Waals surface area contributed by atoms with Gasteiger partial charge in [-0.2, -0.15) is 0 Å². The molecule has 2 aromatic carbocycles. The highest BCUT2D eigenvalue weighted by Crippen LogP contribution is 2.40. The molecule has 2 unspecified atom stereocenters. The van der Waals surface area contributed by atoms with E-state index in [2.05, 4.69) is 0 Å². The maximum Gasteiger partial charge on any atom is 0.355 e. The zero-order chi connectivity index (χ0) is 23.5. The second-order valence-electron chi connectivity index (χ2n) is 7.46. The first kappa shape index (κ1) is 25.2. The normalized spacial score (nSPS) is 14.5. The minimum absolute atomic E-state index is 0.131. The standard InChI is InChI=1S/C26H34O6/c1-5-19-29-23(27)25(7-3,31-21-15-11-9-12-16-21)26(8-4,24(28)30-20-6-2)32-22-17-13-10-14-18-22/h9-18H,5-8,19-20H2,1-4H3. The summed E-state index contributed by atoms with van der Waals surface area (Å²) in [5.41, 5.74) is -3.53. The number of rotatable bonds is 13. The molecule has 6 heteroatoms. The minimum atomic E-state index is -1.76. The Balaban J connectivity index is 2.69. The maximum atomic E-state index is 13.6. The Bertz CT molecular complexity index is 766. The van der Waals surface area contributed by atoms with Crippen molar-refractivity contribution in [3.63, 3.8) is 0 Å². The number of carbonyl (C=O) groups is 2. The molecule has 174 valence electrons. The number of ether oxygens (including phenoxy) is 4. The molecular weight excluding hydrogens is 408 g/mol. The smallest absolute Gasteiger partial charge is 0.355 e.